The quantitative estimate of drug-likeness (QED) is 0.836. The van der Waals surface area contributed by atoms with Crippen molar-refractivity contribution in [3.63, 3.8) is 0 Å². The van der Waals surface area contributed by atoms with E-state index in [0.29, 0.717) is 15.2 Å². The second kappa shape index (κ2) is 6.05. The summed E-state index contributed by atoms with van der Waals surface area (Å²) in [6.07, 6.45) is 0. The summed E-state index contributed by atoms with van der Waals surface area (Å²) in [4.78, 5) is 12.1. The monoisotopic (exact) mass is 379 g/mol. The maximum Gasteiger partial charge on any atom is 0.259 e. The zero-order chi connectivity index (χ0) is 14.0. The summed E-state index contributed by atoms with van der Waals surface area (Å²) in [6.45, 7) is 0. The molecular weight excluding hydrogens is 376 g/mol. The van der Waals surface area contributed by atoms with Crippen LogP contribution in [0.1, 0.15) is 10.4 Å². The second-order valence-electron chi connectivity index (χ2n) is 3.43. The number of benzene rings is 1. The summed E-state index contributed by atoms with van der Waals surface area (Å²) in [5, 5.41) is 10.3. The number of aromatic nitrogens is 2. The zero-order valence-electron chi connectivity index (χ0n) is 9.12. The molecule has 0 aliphatic heterocycles. The van der Waals surface area contributed by atoms with E-state index < -0.39 is 5.91 Å². The molecule has 0 saturated heterocycles. The number of rotatable bonds is 2. The van der Waals surface area contributed by atoms with Gasteiger partial charge in [-0.15, -0.1) is 10.2 Å². The van der Waals surface area contributed by atoms with Crippen LogP contribution in [0.2, 0.25) is 15.3 Å². The van der Waals surface area contributed by atoms with Gasteiger partial charge in [-0.3, -0.25) is 4.79 Å². The molecule has 1 aromatic heterocycles. The summed E-state index contributed by atoms with van der Waals surface area (Å²) in [6, 6.07) is 6.43. The van der Waals surface area contributed by atoms with Crippen molar-refractivity contribution in [2.45, 2.75) is 0 Å². The molecule has 0 atom stereocenters. The average Bonchev–Trinajstić information content (AvgIpc) is 2.38. The van der Waals surface area contributed by atoms with Gasteiger partial charge in [-0.2, -0.15) is 0 Å². The van der Waals surface area contributed by atoms with Crippen molar-refractivity contribution in [3.05, 3.63) is 49.6 Å². The molecule has 0 fully saturated rings. The van der Waals surface area contributed by atoms with Crippen molar-refractivity contribution in [2.75, 3.05) is 5.32 Å². The molecule has 8 heteroatoms. The third-order valence-corrected chi connectivity index (χ3v) is 4.02. The lowest BCUT2D eigenvalue weighted by Crippen LogP contribution is -2.14. The van der Waals surface area contributed by atoms with Crippen LogP contribution < -0.4 is 5.32 Å². The molecular formula is C11H5BrCl3N3O. The van der Waals surface area contributed by atoms with Gasteiger partial charge < -0.3 is 5.32 Å². The molecule has 0 bridgehead atoms. The standard InChI is InChI=1S/C11H5BrCl3N3O/c12-9-6(13)2-1-3-7(9)16-11(19)5-4-8(14)17-18-10(5)15/h1-4H,(H,16,19). The summed E-state index contributed by atoms with van der Waals surface area (Å²) in [7, 11) is 0. The molecule has 19 heavy (non-hydrogen) atoms. The fraction of sp³-hybridized carbons (Fsp3) is 0. The lowest BCUT2D eigenvalue weighted by atomic mass is 10.2. The highest BCUT2D eigenvalue weighted by atomic mass is 79.9. The predicted octanol–water partition coefficient (Wildman–Crippen LogP) is 4.45. The lowest BCUT2D eigenvalue weighted by molar-refractivity contribution is 0.102. The van der Waals surface area contributed by atoms with E-state index in [2.05, 4.69) is 31.4 Å². The maximum atomic E-state index is 12.1. The van der Waals surface area contributed by atoms with E-state index >= 15 is 0 Å². The van der Waals surface area contributed by atoms with Gasteiger partial charge in [0, 0.05) is 0 Å². The average molecular weight is 381 g/mol. The van der Waals surface area contributed by atoms with E-state index in [1.54, 1.807) is 18.2 Å². The minimum absolute atomic E-state index is 0.0277. The first kappa shape index (κ1) is 14.5. The molecule has 0 unspecified atom stereocenters. The van der Waals surface area contributed by atoms with Gasteiger partial charge in [0.1, 0.15) is 0 Å². The Labute approximate surface area is 132 Å². The van der Waals surface area contributed by atoms with E-state index in [1.165, 1.54) is 6.07 Å². The number of carbonyl (C=O) groups is 1. The van der Waals surface area contributed by atoms with Gasteiger partial charge in [0.2, 0.25) is 0 Å². The van der Waals surface area contributed by atoms with E-state index in [4.69, 9.17) is 34.8 Å². The molecule has 0 saturated carbocycles. The molecule has 0 radical (unpaired) electrons. The van der Waals surface area contributed by atoms with Gasteiger partial charge in [-0.1, -0.05) is 40.9 Å². The highest BCUT2D eigenvalue weighted by molar-refractivity contribution is 9.10. The molecule has 98 valence electrons. The largest absolute Gasteiger partial charge is 0.321 e. The number of nitrogens with zero attached hydrogens (tertiary/aromatic N) is 2. The Balaban J connectivity index is 2.31. The minimum Gasteiger partial charge on any atom is -0.321 e. The molecule has 0 aliphatic carbocycles. The normalized spacial score (nSPS) is 10.3. The van der Waals surface area contributed by atoms with Gasteiger partial charge in [0.25, 0.3) is 5.91 Å². The Hall–Kier alpha value is -0.880. The van der Waals surface area contributed by atoms with Crippen LogP contribution >= 0.6 is 50.7 Å². The predicted molar refractivity (Wildman–Crippen MR) is 79.2 cm³/mol. The summed E-state index contributed by atoms with van der Waals surface area (Å²) in [5.41, 5.74) is 0.648. The molecule has 4 nitrogen and oxygen atoms in total. The third-order valence-electron chi connectivity index (χ3n) is 2.16. The number of carbonyl (C=O) groups excluding carboxylic acids is 1. The van der Waals surface area contributed by atoms with Crippen molar-refractivity contribution in [1.29, 1.82) is 0 Å². The number of hydrogen-bond acceptors (Lipinski definition) is 3. The Morgan fingerprint density at radius 2 is 1.95 bits per heavy atom. The SMILES string of the molecule is O=C(Nc1cccc(Cl)c1Br)c1cc(Cl)nnc1Cl. The van der Waals surface area contributed by atoms with Crippen molar-refractivity contribution in [3.8, 4) is 0 Å². The summed E-state index contributed by atoms with van der Waals surface area (Å²) < 4.78 is 0.578. The molecule has 0 aliphatic rings. The van der Waals surface area contributed by atoms with Crippen LogP contribution in [0.3, 0.4) is 0 Å². The van der Waals surface area contributed by atoms with Gasteiger partial charge in [0.05, 0.1) is 20.7 Å². The van der Waals surface area contributed by atoms with Crippen LogP contribution in [-0.2, 0) is 0 Å². The van der Waals surface area contributed by atoms with Crippen LogP contribution in [-0.4, -0.2) is 16.1 Å². The van der Waals surface area contributed by atoms with Crippen LogP contribution in [0.4, 0.5) is 5.69 Å². The minimum atomic E-state index is -0.454. The number of anilines is 1. The second-order valence-corrected chi connectivity index (χ2v) is 5.37. The van der Waals surface area contributed by atoms with Crippen molar-refractivity contribution in [2.24, 2.45) is 0 Å². The molecule has 0 spiro atoms. The van der Waals surface area contributed by atoms with Crippen molar-refractivity contribution >= 4 is 62.3 Å². The van der Waals surface area contributed by atoms with E-state index in [1.807, 2.05) is 0 Å². The first-order valence-electron chi connectivity index (χ1n) is 4.93. The molecule has 2 rings (SSSR count). The molecule has 2 aromatic rings. The fourth-order valence-corrected chi connectivity index (χ4v) is 2.17. The summed E-state index contributed by atoms with van der Waals surface area (Å²) >= 11 is 20.7. The fourth-order valence-electron chi connectivity index (χ4n) is 1.30. The zero-order valence-corrected chi connectivity index (χ0v) is 13.0. The number of halogens is 4. The highest BCUT2D eigenvalue weighted by Crippen LogP contribution is 2.30. The van der Waals surface area contributed by atoms with Gasteiger partial charge in [-0.25, -0.2) is 0 Å². The summed E-state index contributed by atoms with van der Waals surface area (Å²) in [5.74, 6) is -0.454. The number of nitrogens with one attached hydrogen (secondary N) is 1. The van der Waals surface area contributed by atoms with Crippen molar-refractivity contribution in [1.82, 2.24) is 10.2 Å². The molecule has 1 N–H and O–H groups in total. The molecule has 1 aromatic carbocycles. The van der Waals surface area contributed by atoms with Gasteiger partial charge in [0.15, 0.2) is 10.3 Å². The molecule has 1 heterocycles. The van der Waals surface area contributed by atoms with E-state index in [9.17, 15) is 4.79 Å². The van der Waals surface area contributed by atoms with Gasteiger partial charge in [-0.05, 0) is 34.1 Å². The van der Waals surface area contributed by atoms with Crippen molar-refractivity contribution < 1.29 is 4.79 Å². The van der Waals surface area contributed by atoms with E-state index in [0.717, 1.165) is 0 Å². The Bertz CT molecular complexity index is 651. The maximum absolute atomic E-state index is 12.1. The molecule has 1 amide bonds. The topological polar surface area (TPSA) is 54.9 Å². The highest BCUT2D eigenvalue weighted by Gasteiger charge is 2.15. The Morgan fingerprint density at radius 1 is 1.21 bits per heavy atom. The third kappa shape index (κ3) is 3.36. The smallest absolute Gasteiger partial charge is 0.259 e. The first-order valence-corrected chi connectivity index (χ1v) is 6.86. The number of amides is 1. The van der Waals surface area contributed by atoms with Crippen LogP contribution in [0.15, 0.2) is 28.7 Å². The van der Waals surface area contributed by atoms with Crippen LogP contribution in [0.25, 0.3) is 0 Å². The Kier molecular flexibility index (Phi) is 4.62. The first-order chi connectivity index (χ1) is 8.99. The van der Waals surface area contributed by atoms with Crippen LogP contribution in [0, 0.1) is 0 Å². The van der Waals surface area contributed by atoms with Gasteiger partial charge >= 0.3 is 0 Å². The Morgan fingerprint density at radius 3 is 2.68 bits per heavy atom. The lowest BCUT2D eigenvalue weighted by Gasteiger charge is -2.08. The van der Waals surface area contributed by atoms with Crippen LogP contribution in [0.5, 0.6) is 0 Å². The number of hydrogen-bond donors (Lipinski definition) is 1. The van der Waals surface area contributed by atoms with E-state index in [-0.39, 0.29) is 15.9 Å².